The number of aryl methyl sites for hydroxylation is 1. The van der Waals surface area contributed by atoms with Crippen LogP contribution in [0, 0.1) is 24.7 Å². The van der Waals surface area contributed by atoms with Gasteiger partial charge in [-0.1, -0.05) is 18.0 Å². The van der Waals surface area contributed by atoms with Gasteiger partial charge in [0.15, 0.2) is 0 Å². The summed E-state index contributed by atoms with van der Waals surface area (Å²) in [7, 11) is 0. The van der Waals surface area contributed by atoms with E-state index in [4.69, 9.17) is 11.6 Å². The Morgan fingerprint density at radius 1 is 1.41 bits per heavy atom. The number of hydrogen-bond acceptors (Lipinski definition) is 3. The highest BCUT2D eigenvalue weighted by atomic mass is 35.5. The van der Waals surface area contributed by atoms with Gasteiger partial charge in [0.2, 0.25) is 11.9 Å². The molecule has 1 aromatic rings. The quantitative estimate of drug-likeness (QED) is 0.822. The molecule has 0 saturated heterocycles. The average Bonchev–Trinajstić information content (AvgIpc) is 2.72. The number of halogens is 1. The highest BCUT2D eigenvalue weighted by molar-refractivity contribution is 6.29. The molecule has 1 heterocycles. The topological polar surface area (TPSA) is 54.9 Å². The Labute approximate surface area is 105 Å². The van der Waals surface area contributed by atoms with Gasteiger partial charge in [-0.05, 0) is 37.7 Å². The molecule has 1 aromatic heterocycles. The SMILES string of the molecule is Cc1cc(Cl)nc(NC(=O)C2C3CCCC32)n1. The number of rotatable bonds is 2. The lowest BCUT2D eigenvalue weighted by Crippen LogP contribution is -2.18. The van der Waals surface area contributed by atoms with Crippen LogP contribution in [0.5, 0.6) is 0 Å². The summed E-state index contributed by atoms with van der Waals surface area (Å²) in [5.41, 5.74) is 0.760. The van der Waals surface area contributed by atoms with E-state index in [1.165, 1.54) is 19.3 Å². The van der Waals surface area contributed by atoms with Gasteiger partial charge in [-0.25, -0.2) is 9.97 Å². The molecule has 0 spiro atoms. The van der Waals surface area contributed by atoms with Crippen LogP contribution in [0.2, 0.25) is 5.15 Å². The monoisotopic (exact) mass is 251 g/mol. The first-order chi connectivity index (χ1) is 8.15. The van der Waals surface area contributed by atoms with E-state index in [1.54, 1.807) is 6.07 Å². The molecule has 0 radical (unpaired) electrons. The van der Waals surface area contributed by atoms with E-state index in [1.807, 2.05) is 6.92 Å². The third-order valence-electron chi connectivity index (χ3n) is 3.77. The van der Waals surface area contributed by atoms with Crippen molar-refractivity contribution < 1.29 is 4.79 Å². The van der Waals surface area contributed by atoms with Crippen LogP contribution in [0.25, 0.3) is 0 Å². The van der Waals surface area contributed by atoms with E-state index in [0.29, 0.717) is 22.9 Å². The minimum absolute atomic E-state index is 0.0568. The first-order valence-electron chi connectivity index (χ1n) is 5.97. The Bertz CT molecular complexity index is 447. The van der Waals surface area contributed by atoms with Crippen molar-refractivity contribution in [1.29, 1.82) is 0 Å². The number of aromatic nitrogens is 2. The first-order valence-corrected chi connectivity index (χ1v) is 6.35. The Morgan fingerprint density at radius 3 is 2.76 bits per heavy atom. The minimum atomic E-state index is 0.0568. The summed E-state index contributed by atoms with van der Waals surface area (Å²) in [6.45, 7) is 1.83. The molecular weight excluding hydrogens is 238 g/mol. The first kappa shape index (κ1) is 11.0. The minimum Gasteiger partial charge on any atom is -0.294 e. The number of amides is 1. The Balaban J connectivity index is 1.68. The predicted molar refractivity (Wildman–Crippen MR) is 64.7 cm³/mol. The van der Waals surface area contributed by atoms with Gasteiger partial charge in [-0.15, -0.1) is 0 Å². The third kappa shape index (κ3) is 2.02. The maximum Gasteiger partial charge on any atom is 0.231 e. The molecule has 90 valence electrons. The molecule has 2 atom stereocenters. The Morgan fingerprint density at radius 2 is 2.12 bits per heavy atom. The highest BCUT2D eigenvalue weighted by Gasteiger charge is 2.56. The van der Waals surface area contributed by atoms with Gasteiger partial charge in [0.05, 0.1) is 0 Å². The molecule has 17 heavy (non-hydrogen) atoms. The van der Waals surface area contributed by atoms with E-state index >= 15 is 0 Å². The fourth-order valence-electron chi connectivity index (χ4n) is 2.99. The number of anilines is 1. The molecule has 5 heteroatoms. The second-order valence-electron chi connectivity index (χ2n) is 4.93. The maximum absolute atomic E-state index is 12.0. The van der Waals surface area contributed by atoms with Crippen LogP contribution < -0.4 is 5.32 Å². The summed E-state index contributed by atoms with van der Waals surface area (Å²) < 4.78 is 0. The second kappa shape index (κ2) is 3.95. The van der Waals surface area contributed by atoms with Crippen LogP contribution in [-0.2, 0) is 4.79 Å². The van der Waals surface area contributed by atoms with Crippen LogP contribution in [0.15, 0.2) is 6.07 Å². The molecule has 2 aliphatic carbocycles. The van der Waals surface area contributed by atoms with Crippen molar-refractivity contribution in [1.82, 2.24) is 9.97 Å². The van der Waals surface area contributed by atoms with Crippen molar-refractivity contribution >= 4 is 23.5 Å². The summed E-state index contributed by atoms with van der Waals surface area (Å²) in [6, 6.07) is 1.67. The van der Waals surface area contributed by atoms with Gasteiger partial charge in [0.1, 0.15) is 5.15 Å². The molecule has 1 N–H and O–H groups in total. The van der Waals surface area contributed by atoms with Gasteiger partial charge < -0.3 is 0 Å². The van der Waals surface area contributed by atoms with Crippen LogP contribution in [0.3, 0.4) is 0 Å². The van der Waals surface area contributed by atoms with Gasteiger partial charge >= 0.3 is 0 Å². The number of carbonyl (C=O) groups is 1. The molecule has 2 unspecified atom stereocenters. The van der Waals surface area contributed by atoms with E-state index in [2.05, 4.69) is 15.3 Å². The molecule has 2 saturated carbocycles. The maximum atomic E-state index is 12.0. The van der Waals surface area contributed by atoms with E-state index in [0.717, 1.165) is 5.69 Å². The van der Waals surface area contributed by atoms with Gasteiger partial charge in [-0.2, -0.15) is 0 Å². The number of carbonyl (C=O) groups excluding carboxylic acids is 1. The molecule has 2 fully saturated rings. The smallest absolute Gasteiger partial charge is 0.231 e. The summed E-state index contributed by atoms with van der Waals surface area (Å²) in [5, 5.41) is 3.13. The van der Waals surface area contributed by atoms with Crippen molar-refractivity contribution in [2.75, 3.05) is 5.32 Å². The van der Waals surface area contributed by atoms with E-state index in [9.17, 15) is 4.79 Å². The third-order valence-corrected chi connectivity index (χ3v) is 3.96. The van der Waals surface area contributed by atoms with Crippen LogP contribution >= 0.6 is 11.6 Å². The highest BCUT2D eigenvalue weighted by Crippen LogP contribution is 2.57. The lowest BCUT2D eigenvalue weighted by Gasteiger charge is -2.06. The van der Waals surface area contributed by atoms with Crippen molar-refractivity contribution in [3.05, 3.63) is 16.9 Å². The average molecular weight is 252 g/mol. The number of hydrogen-bond donors (Lipinski definition) is 1. The van der Waals surface area contributed by atoms with Crippen molar-refractivity contribution in [3.63, 3.8) is 0 Å². The molecule has 0 bridgehead atoms. The fourth-order valence-corrected chi connectivity index (χ4v) is 3.23. The Kier molecular flexibility index (Phi) is 2.54. The van der Waals surface area contributed by atoms with Crippen molar-refractivity contribution in [2.24, 2.45) is 17.8 Å². The molecule has 2 aliphatic rings. The fraction of sp³-hybridized carbons (Fsp3) is 0.583. The van der Waals surface area contributed by atoms with Crippen LogP contribution in [0.4, 0.5) is 5.95 Å². The molecule has 3 rings (SSSR count). The molecule has 0 aromatic carbocycles. The predicted octanol–water partition coefficient (Wildman–Crippen LogP) is 2.42. The molecule has 4 nitrogen and oxygen atoms in total. The standard InChI is InChI=1S/C12H14ClN3O/c1-6-5-9(13)15-12(14-6)16-11(17)10-7-3-2-4-8(7)10/h5,7-8,10H,2-4H2,1H3,(H,14,15,16,17). The van der Waals surface area contributed by atoms with Crippen LogP contribution in [-0.4, -0.2) is 15.9 Å². The normalized spacial score (nSPS) is 29.9. The zero-order chi connectivity index (χ0) is 12.0. The second-order valence-corrected chi connectivity index (χ2v) is 5.32. The zero-order valence-corrected chi connectivity index (χ0v) is 10.4. The van der Waals surface area contributed by atoms with Gasteiger partial charge in [0, 0.05) is 11.6 Å². The van der Waals surface area contributed by atoms with Crippen molar-refractivity contribution in [2.45, 2.75) is 26.2 Å². The Hall–Kier alpha value is -1.16. The summed E-state index contributed by atoms with van der Waals surface area (Å²) in [6.07, 6.45) is 3.66. The largest absolute Gasteiger partial charge is 0.294 e. The van der Waals surface area contributed by atoms with Crippen molar-refractivity contribution in [3.8, 4) is 0 Å². The zero-order valence-electron chi connectivity index (χ0n) is 9.61. The van der Waals surface area contributed by atoms with Crippen LogP contribution in [0.1, 0.15) is 25.0 Å². The number of nitrogens with one attached hydrogen (secondary N) is 1. The lowest BCUT2D eigenvalue weighted by molar-refractivity contribution is -0.118. The van der Waals surface area contributed by atoms with E-state index < -0.39 is 0 Å². The molecule has 0 aliphatic heterocycles. The van der Waals surface area contributed by atoms with E-state index in [-0.39, 0.29) is 11.8 Å². The van der Waals surface area contributed by atoms with Gasteiger partial charge in [0.25, 0.3) is 0 Å². The van der Waals surface area contributed by atoms with Gasteiger partial charge in [-0.3, -0.25) is 10.1 Å². The summed E-state index contributed by atoms with van der Waals surface area (Å²) in [5.74, 6) is 1.78. The number of nitrogens with zero attached hydrogens (tertiary/aromatic N) is 2. The molecular formula is C12H14ClN3O. The summed E-state index contributed by atoms with van der Waals surface area (Å²) in [4.78, 5) is 20.1. The number of fused-ring (bicyclic) bond motifs is 1. The lowest BCUT2D eigenvalue weighted by atomic mass is 10.1. The molecule has 1 amide bonds. The summed E-state index contributed by atoms with van der Waals surface area (Å²) >= 11 is 5.82.